The molecule has 0 fully saturated rings. The van der Waals surface area contributed by atoms with Gasteiger partial charge in [0.25, 0.3) is 0 Å². The number of allylic oxidation sites excluding steroid dienone is 4. The van der Waals surface area contributed by atoms with Crippen LogP contribution in [0.15, 0.2) is 36.2 Å². The Morgan fingerprint density at radius 2 is 2.09 bits per heavy atom. The second-order valence-electron chi connectivity index (χ2n) is 1.97. The van der Waals surface area contributed by atoms with Gasteiger partial charge in [-0.05, 0) is 24.6 Å². The summed E-state index contributed by atoms with van der Waals surface area (Å²) in [4.78, 5) is 0.276. The smallest absolute Gasteiger partial charge is 0.122 e. The van der Waals surface area contributed by atoms with Gasteiger partial charge in [0.2, 0.25) is 0 Å². The Kier molecular flexibility index (Phi) is 4.38. The summed E-state index contributed by atoms with van der Waals surface area (Å²) in [6.07, 6.45) is 3.89. The molecule has 0 aromatic carbocycles. The summed E-state index contributed by atoms with van der Waals surface area (Å²) >= 11 is 4.64. The zero-order valence-corrected chi connectivity index (χ0v) is 7.12. The van der Waals surface area contributed by atoms with E-state index in [9.17, 15) is 4.39 Å². The van der Waals surface area contributed by atoms with Gasteiger partial charge in [-0.3, -0.25) is 0 Å². The minimum Gasteiger partial charge on any atom is -0.390 e. The van der Waals surface area contributed by atoms with Gasteiger partial charge in [0.05, 0.1) is 4.99 Å². The molecule has 1 nitrogen and oxygen atoms in total. The highest BCUT2D eigenvalue weighted by Gasteiger charge is 1.89. The fourth-order valence-corrected chi connectivity index (χ4v) is 0.423. The van der Waals surface area contributed by atoms with Crippen molar-refractivity contribution >= 4 is 17.2 Å². The predicted molar refractivity (Wildman–Crippen MR) is 49.9 cm³/mol. The normalized spacial score (nSPS) is 12.9. The summed E-state index contributed by atoms with van der Waals surface area (Å²) in [6.45, 7) is 4.96. The van der Waals surface area contributed by atoms with Crippen molar-refractivity contribution in [1.29, 1.82) is 0 Å². The third-order valence-corrected chi connectivity index (χ3v) is 1.40. The molecule has 0 aliphatic heterocycles. The van der Waals surface area contributed by atoms with Crippen molar-refractivity contribution in [3.05, 3.63) is 36.2 Å². The first kappa shape index (κ1) is 10.0. The molecule has 3 heteroatoms. The molecule has 0 rings (SSSR count). The highest BCUT2D eigenvalue weighted by Crippen LogP contribution is 2.00. The summed E-state index contributed by atoms with van der Waals surface area (Å²) in [5.74, 6) is -0.402. The van der Waals surface area contributed by atoms with E-state index in [1.54, 1.807) is 6.92 Å². The molecule has 11 heavy (non-hydrogen) atoms. The number of thiocarbonyl (C=S) groups is 1. The van der Waals surface area contributed by atoms with Crippen molar-refractivity contribution in [2.45, 2.75) is 6.92 Å². The van der Waals surface area contributed by atoms with Crippen molar-refractivity contribution < 1.29 is 4.39 Å². The van der Waals surface area contributed by atoms with Gasteiger partial charge in [-0.2, -0.15) is 0 Å². The molecule has 0 radical (unpaired) electrons. The summed E-state index contributed by atoms with van der Waals surface area (Å²) < 4.78 is 12.4. The van der Waals surface area contributed by atoms with Gasteiger partial charge in [0, 0.05) is 0 Å². The second kappa shape index (κ2) is 4.79. The minimum atomic E-state index is -0.402. The van der Waals surface area contributed by atoms with E-state index in [0.717, 1.165) is 6.08 Å². The van der Waals surface area contributed by atoms with Gasteiger partial charge < -0.3 is 5.73 Å². The average Bonchev–Trinajstić information content (AvgIpc) is 1.99. The van der Waals surface area contributed by atoms with Crippen LogP contribution in [0.5, 0.6) is 0 Å². The summed E-state index contributed by atoms with van der Waals surface area (Å²) in [6, 6.07) is 0. The fourth-order valence-electron chi connectivity index (χ4n) is 0.355. The molecular weight excluding hydrogens is 161 g/mol. The van der Waals surface area contributed by atoms with E-state index in [0.29, 0.717) is 5.57 Å². The van der Waals surface area contributed by atoms with E-state index in [1.807, 2.05) is 0 Å². The van der Waals surface area contributed by atoms with Crippen LogP contribution in [0.25, 0.3) is 0 Å². The molecule has 60 valence electrons. The lowest BCUT2D eigenvalue weighted by Gasteiger charge is -1.92. The molecule has 0 saturated carbocycles. The number of rotatable bonds is 3. The molecule has 0 heterocycles. The van der Waals surface area contributed by atoms with Gasteiger partial charge in [0.1, 0.15) is 5.83 Å². The van der Waals surface area contributed by atoms with Gasteiger partial charge in [0.15, 0.2) is 0 Å². The minimum absolute atomic E-state index is 0.276. The Balaban J connectivity index is 4.34. The Labute approximate surface area is 71.1 Å². The first-order chi connectivity index (χ1) is 5.07. The number of hydrogen-bond donors (Lipinski definition) is 1. The van der Waals surface area contributed by atoms with E-state index < -0.39 is 5.83 Å². The summed E-state index contributed by atoms with van der Waals surface area (Å²) in [5, 5.41) is 0. The number of hydrogen-bond acceptors (Lipinski definition) is 1. The molecule has 0 spiro atoms. The molecule has 2 N–H and O–H groups in total. The lowest BCUT2D eigenvalue weighted by molar-refractivity contribution is 0.668. The van der Waals surface area contributed by atoms with Gasteiger partial charge in [-0.1, -0.05) is 24.9 Å². The largest absolute Gasteiger partial charge is 0.390 e. The van der Waals surface area contributed by atoms with E-state index >= 15 is 0 Å². The van der Waals surface area contributed by atoms with Crippen LogP contribution in [0.3, 0.4) is 0 Å². The standard InChI is InChI=1S/C8H10FNS/c1-3-7(9)5-4-6(2)8(10)11/h3-5H,1H2,2H3,(H2,10,11)/b6-4+,7-5+. The maximum atomic E-state index is 12.4. The maximum Gasteiger partial charge on any atom is 0.122 e. The topological polar surface area (TPSA) is 26.0 Å². The van der Waals surface area contributed by atoms with Gasteiger partial charge in [-0.25, -0.2) is 4.39 Å². The van der Waals surface area contributed by atoms with E-state index in [4.69, 9.17) is 5.73 Å². The average molecular weight is 171 g/mol. The molecule has 0 aliphatic rings. The molecule has 0 aromatic rings. The van der Waals surface area contributed by atoms with E-state index in [1.165, 1.54) is 12.2 Å². The van der Waals surface area contributed by atoms with Crippen LogP contribution in [0.2, 0.25) is 0 Å². The lowest BCUT2D eigenvalue weighted by Crippen LogP contribution is -2.08. The van der Waals surface area contributed by atoms with Crippen LogP contribution in [-0.4, -0.2) is 4.99 Å². The monoisotopic (exact) mass is 171 g/mol. The Morgan fingerprint density at radius 1 is 1.55 bits per heavy atom. The quantitative estimate of drug-likeness (QED) is 0.400. The molecule has 0 bridgehead atoms. The van der Waals surface area contributed by atoms with E-state index in [-0.39, 0.29) is 4.99 Å². The van der Waals surface area contributed by atoms with Crippen molar-refractivity contribution in [2.24, 2.45) is 5.73 Å². The second-order valence-corrected chi connectivity index (χ2v) is 2.41. The number of halogens is 1. The zero-order chi connectivity index (χ0) is 8.85. The molecule has 0 unspecified atom stereocenters. The van der Waals surface area contributed by atoms with Gasteiger partial charge in [-0.15, -0.1) is 0 Å². The lowest BCUT2D eigenvalue weighted by atomic mass is 10.2. The highest BCUT2D eigenvalue weighted by atomic mass is 32.1. The van der Waals surface area contributed by atoms with Crippen LogP contribution in [0.1, 0.15) is 6.92 Å². The van der Waals surface area contributed by atoms with Crippen LogP contribution >= 0.6 is 12.2 Å². The van der Waals surface area contributed by atoms with Crippen LogP contribution < -0.4 is 5.73 Å². The Hall–Kier alpha value is -0.960. The van der Waals surface area contributed by atoms with Crippen LogP contribution in [-0.2, 0) is 0 Å². The Morgan fingerprint density at radius 3 is 2.45 bits per heavy atom. The summed E-state index contributed by atoms with van der Waals surface area (Å²) in [5.41, 5.74) is 5.93. The molecular formula is C8H10FNS. The molecule has 0 saturated heterocycles. The first-order valence-electron chi connectivity index (χ1n) is 3.04. The highest BCUT2D eigenvalue weighted by molar-refractivity contribution is 7.80. The molecule has 0 aliphatic carbocycles. The third kappa shape index (κ3) is 4.44. The molecule has 0 aromatic heterocycles. The van der Waals surface area contributed by atoms with Crippen molar-refractivity contribution in [3.8, 4) is 0 Å². The van der Waals surface area contributed by atoms with Gasteiger partial charge >= 0.3 is 0 Å². The molecule has 0 amide bonds. The van der Waals surface area contributed by atoms with Crippen molar-refractivity contribution in [1.82, 2.24) is 0 Å². The van der Waals surface area contributed by atoms with E-state index in [2.05, 4.69) is 18.8 Å². The molecule has 0 atom stereocenters. The predicted octanol–water partition coefficient (Wildman–Crippen LogP) is 2.26. The SMILES string of the molecule is C=C/C(F)=C\C=C(/C)C(N)=S. The van der Waals surface area contributed by atoms with Crippen molar-refractivity contribution in [3.63, 3.8) is 0 Å². The number of nitrogens with two attached hydrogens (primary N) is 1. The van der Waals surface area contributed by atoms with Crippen molar-refractivity contribution in [2.75, 3.05) is 0 Å². The Bertz CT molecular complexity index is 228. The third-order valence-electron chi connectivity index (χ3n) is 1.08. The van der Waals surface area contributed by atoms with Crippen LogP contribution in [0, 0.1) is 0 Å². The summed E-state index contributed by atoms with van der Waals surface area (Å²) in [7, 11) is 0. The first-order valence-corrected chi connectivity index (χ1v) is 3.45. The maximum absolute atomic E-state index is 12.4. The zero-order valence-electron chi connectivity index (χ0n) is 6.30. The fraction of sp³-hybridized carbons (Fsp3) is 0.125. The van der Waals surface area contributed by atoms with Crippen LogP contribution in [0.4, 0.5) is 4.39 Å².